The maximum absolute atomic E-state index is 6.87. The van der Waals surface area contributed by atoms with Crippen molar-refractivity contribution in [3.8, 4) is 33.9 Å². The summed E-state index contributed by atoms with van der Waals surface area (Å²) in [6, 6.07) is 29.0. The first-order chi connectivity index (χ1) is 20.1. The minimum atomic E-state index is 0. The van der Waals surface area contributed by atoms with Gasteiger partial charge < -0.3 is 9.13 Å². The van der Waals surface area contributed by atoms with Gasteiger partial charge in [-0.05, 0) is 52.6 Å². The Hall–Kier alpha value is -4.53. The molecule has 0 fully saturated rings. The molecule has 0 atom stereocenters. The van der Waals surface area contributed by atoms with Crippen molar-refractivity contribution < 1.29 is 0 Å². The van der Waals surface area contributed by atoms with E-state index in [4.69, 9.17) is 21.6 Å². The molecule has 0 saturated heterocycles. The molecule has 1 N–H and O–H groups in total. The number of nitrogens with one attached hydrogen (secondary N) is 1. The number of aromatic nitrogens is 8. The molecule has 8 nitrogen and oxygen atoms in total. The van der Waals surface area contributed by atoms with Gasteiger partial charge in [-0.3, -0.25) is 0 Å². The Bertz CT molecular complexity index is 2010. The van der Waals surface area contributed by atoms with Crippen LogP contribution in [0.5, 0.6) is 0 Å². The Labute approximate surface area is 253 Å². The average Bonchev–Trinajstić information content (AvgIpc) is 3.73. The molecule has 4 aromatic carbocycles. The number of halogens is 2. The lowest BCUT2D eigenvalue weighted by Gasteiger charge is -2.12. The molecule has 210 valence electrons. The van der Waals surface area contributed by atoms with Crippen molar-refractivity contribution in [1.29, 1.82) is 0 Å². The van der Waals surface area contributed by atoms with E-state index >= 15 is 0 Å². The molecule has 42 heavy (non-hydrogen) atoms. The summed E-state index contributed by atoms with van der Waals surface area (Å²) in [7, 11) is 2.04. The highest BCUT2D eigenvalue weighted by molar-refractivity contribution is 6.35. The van der Waals surface area contributed by atoms with Crippen LogP contribution in [-0.4, -0.2) is 39.7 Å². The van der Waals surface area contributed by atoms with E-state index < -0.39 is 0 Å². The number of fused-ring (bicyclic) bond motifs is 2. The predicted molar refractivity (Wildman–Crippen MR) is 170 cm³/mol. The van der Waals surface area contributed by atoms with Crippen molar-refractivity contribution in [3.63, 3.8) is 0 Å². The van der Waals surface area contributed by atoms with Crippen molar-refractivity contribution in [2.45, 2.75) is 26.3 Å². The molecule has 0 amide bonds. The number of H-pyrrole nitrogens is 1. The third kappa shape index (κ3) is 4.82. The minimum absolute atomic E-state index is 0. The van der Waals surface area contributed by atoms with E-state index in [1.54, 1.807) is 0 Å². The number of para-hydroxylation sites is 2. The van der Waals surface area contributed by atoms with Crippen LogP contribution in [0.3, 0.4) is 0 Å². The van der Waals surface area contributed by atoms with Crippen LogP contribution in [0.15, 0.2) is 84.9 Å². The lowest BCUT2D eigenvalue weighted by molar-refractivity contribution is 0.722. The molecule has 0 saturated carbocycles. The standard InChI is InChI=1S/C32H27ClN8.ClH/c1-3-8-29-35-30-25(33)17-22(32-34-26-11-6-7-12-27(26)40(32)2)18-28(30)41(29)19-20-13-15-21(16-14-20)23-9-4-5-10-24(23)31-36-38-39-37-31;/h4-7,9-18H,3,8,19H2,1-2H3,(H,36,37,38,39);1H. The molecule has 0 unspecified atom stereocenters. The van der Waals surface area contributed by atoms with E-state index in [2.05, 4.69) is 79.1 Å². The van der Waals surface area contributed by atoms with Gasteiger partial charge in [0, 0.05) is 31.1 Å². The zero-order valence-corrected chi connectivity index (χ0v) is 24.7. The summed E-state index contributed by atoms with van der Waals surface area (Å²) >= 11 is 6.87. The van der Waals surface area contributed by atoms with E-state index in [0.717, 1.165) is 68.8 Å². The van der Waals surface area contributed by atoms with Gasteiger partial charge in [0.25, 0.3) is 0 Å². The number of rotatable bonds is 7. The molecule has 7 rings (SSSR count). The summed E-state index contributed by atoms with van der Waals surface area (Å²) in [4.78, 5) is 9.90. The van der Waals surface area contributed by atoms with Crippen LogP contribution in [-0.2, 0) is 20.0 Å². The fraction of sp³-hybridized carbons (Fsp3) is 0.156. The average molecular weight is 596 g/mol. The number of hydrogen-bond donors (Lipinski definition) is 1. The Morgan fingerprint density at radius 3 is 2.33 bits per heavy atom. The molecular formula is C32H28Cl2N8. The number of nitrogens with zero attached hydrogens (tertiary/aromatic N) is 7. The van der Waals surface area contributed by atoms with Crippen LogP contribution in [0.1, 0.15) is 24.7 Å². The summed E-state index contributed by atoms with van der Waals surface area (Å²) in [5, 5.41) is 15.3. The van der Waals surface area contributed by atoms with E-state index in [-0.39, 0.29) is 12.4 Å². The van der Waals surface area contributed by atoms with Gasteiger partial charge in [-0.15, -0.1) is 22.6 Å². The zero-order chi connectivity index (χ0) is 27.9. The van der Waals surface area contributed by atoms with Crippen LogP contribution in [0.2, 0.25) is 5.02 Å². The predicted octanol–water partition coefficient (Wildman–Crippen LogP) is 7.51. The molecule has 0 spiro atoms. The third-order valence-corrected chi connectivity index (χ3v) is 7.81. The maximum Gasteiger partial charge on any atom is 0.205 e. The van der Waals surface area contributed by atoms with E-state index in [9.17, 15) is 0 Å². The van der Waals surface area contributed by atoms with Crippen molar-refractivity contribution in [2.75, 3.05) is 0 Å². The topological polar surface area (TPSA) is 90.1 Å². The molecule has 3 aromatic heterocycles. The Morgan fingerprint density at radius 2 is 1.60 bits per heavy atom. The summed E-state index contributed by atoms with van der Waals surface area (Å²) in [5.74, 6) is 2.48. The number of benzene rings is 4. The molecule has 7 aromatic rings. The van der Waals surface area contributed by atoms with Gasteiger partial charge in [0.1, 0.15) is 17.2 Å². The Kier molecular flexibility index (Phi) is 7.49. The fourth-order valence-corrected chi connectivity index (χ4v) is 5.79. The second kappa shape index (κ2) is 11.4. The van der Waals surface area contributed by atoms with Gasteiger partial charge in [0.15, 0.2) is 0 Å². The first kappa shape index (κ1) is 27.6. The Balaban J connectivity index is 0.00000316. The highest BCUT2D eigenvalue weighted by atomic mass is 35.5. The lowest BCUT2D eigenvalue weighted by Crippen LogP contribution is -2.05. The van der Waals surface area contributed by atoms with Crippen LogP contribution in [0, 0.1) is 0 Å². The SMILES string of the molecule is CCCc1nc2c(Cl)cc(-c3nc4ccccc4n3C)cc2n1Cc1ccc(-c2ccccc2-c2nn[nH]n2)cc1.Cl. The van der Waals surface area contributed by atoms with Crippen LogP contribution < -0.4 is 0 Å². The Morgan fingerprint density at radius 1 is 0.833 bits per heavy atom. The third-order valence-electron chi connectivity index (χ3n) is 7.52. The second-order valence-corrected chi connectivity index (χ2v) is 10.6. The highest BCUT2D eigenvalue weighted by Gasteiger charge is 2.18. The van der Waals surface area contributed by atoms with Crippen molar-refractivity contribution in [3.05, 3.63) is 101 Å². The molecular weight excluding hydrogens is 567 g/mol. The number of imidazole rings is 2. The number of aryl methyl sites for hydroxylation is 2. The summed E-state index contributed by atoms with van der Waals surface area (Å²) < 4.78 is 4.41. The lowest BCUT2D eigenvalue weighted by atomic mass is 9.98. The summed E-state index contributed by atoms with van der Waals surface area (Å²) in [5.41, 5.74) is 9.10. The molecule has 0 aliphatic rings. The van der Waals surface area contributed by atoms with Crippen molar-refractivity contribution in [2.24, 2.45) is 7.05 Å². The zero-order valence-electron chi connectivity index (χ0n) is 23.1. The largest absolute Gasteiger partial charge is 0.327 e. The van der Waals surface area contributed by atoms with E-state index in [1.807, 2.05) is 49.5 Å². The van der Waals surface area contributed by atoms with Crippen molar-refractivity contribution in [1.82, 2.24) is 39.7 Å². The molecule has 0 aliphatic carbocycles. The van der Waals surface area contributed by atoms with Gasteiger partial charge in [0.05, 0.1) is 21.6 Å². The minimum Gasteiger partial charge on any atom is -0.327 e. The monoisotopic (exact) mass is 594 g/mol. The van der Waals surface area contributed by atoms with Gasteiger partial charge >= 0.3 is 0 Å². The number of tetrazole rings is 1. The maximum atomic E-state index is 6.87. The first-order valence-corrected chi connectivity index (χ1v) is 14.0. The summed E-state index contributed by atoms with van der Waals surface area (Å²) in [6.07, 6.45) is 1.85. The smallest absolute Gasteiger partial charge is 0.205 e. The van der Waals surface area contributed by atoms with E-state index in [1.165, 1.54) is 5.56 Å². The molecule has 3 heterocycles. The van der Waals surface area contributed by atoms with Crippen LogP contribution >= 0.6 is 24.0 Å². The van der Waals surface area contributed by atoms with Crippen LogP contribution in [0.25, 0.3) is 56.0 Å². The molecule has 0 radical (unpaired) electrons. The molecule has 0 bridgehead atoms. The van der Waals surface area contributed by atoms with E-state index in [0.29, 0.717) is 17.4 Å². The van der Waals surface area contributed by atoms with Crippen molar-refractivity contribution >= 4 is 46.1 Å². The second-order valence-electron chi connectivity index (χ2n) is 10.2. The summed E-state index contributed by atoms with van der Waals surface area (Å²) in [6.45, 7) is 2.85. The quantitative estimate of drug-likeness (QED) is 0.206. The molecule has 0 aliphatic heterocycles. The van der Waals surface area contributed by atoms with Gasteiger partial charge in [0.2, 0.25) is 5.82 Å². The number of aromatic amines is 1. The fourth-order valence-electron chi connectivity index (χ4n) is 5.53. The normalized spacial score (nSPS) is 11.3. The first-order valence-electron chi connectivity index (χ1n) is 13.6. The van der Waals surface area contributed by atoms with Gasteiger partial charge in [-0.2, -0.15) is 5.21 Å². The number of hydrogen-bond acceptors (Lipinski definition) is 5. The molecule has 10 heteroatoms. The van der Waals surface area contributed by atoms with Crippen LogP contribution in [0.4, 0.5) is 0 Å². The van der Waals surface area contributed by atoms with Gasteiger partial charge in [-0.25, -0.2) is 9.97 Å². The highest BCUT2D eigenvalue weighted by Crippen LogP contribution is 2.34. The van der Waals surface area contributed by atoms with Gasteiger partial charge in [-0.1, -0.05) is 79.2 Å².